The smallest absolute Gasteiger partial charge is 0.119 e. The van der Waals surface area contributed by atoms with Gasteiger partial charge < -0.3 is 14.8 Å². The minimum absolute atomic E-state index is 0.410. The van der Waals surface area contributed by atoms with Gasteiger partial charge in [-0.3, -0.25) is 0 Å². The SMILES string of the molecule is CCC(NC)c1ccc(OCCC2CCCO2)cc1. The molecule has 0 aromatic heterocycles. The maximum absolute atomic E-state index is 5.77. The lowest BCUT2D eigenvalue weighted by atomic mass is 10.0. The molecule has 3 heteroatoms. The van der Waals surface area contributed by atoms with E-state index >= 15 is 0 Å². The molecule has 0 radical (unpaired) electrons. The van der Waals surface area contributed by atoms with Crippen molar-refractivity contribution in [2.45, 2.75) is 44.8 Å². The molecule has 2 atom stereocenters. The highest BCUT2D eigenvalue weighted by Crippen LogP contribution is 2.21. The van der Waals surface area contributed by atoms with E-state index in [1.54, 1.807) is 0 Å². The zero-order valence-corrected chi connectivity index (χ0v) is 12.0. The van der Waals surface area contributed by atoms with Crippen LogP contribution >= 0.6 is 0 Å². The second-order valence-corrected chi connectivity index (χ2v) is 5.09. The monoisotopic (exact) mass is 263 g/mol. The summed E-state index contributed by atoms with van der Waals surface area (Å²) in [4.78, 5) is 0. The standard InChI is InChI=1S/C16H25NO2/c1-3-16(17-2)13-6-8-15(9-7-13)19-12-10-14-5-4-11-18-14/h6-9,14,16-17H,3-5,10-12H2,1-2H3. The Balaban J connectivity index is 1.77. The maximum Gasteiger partial charge on any atom is 0.119 e. The number of ether oxygens (including phenoxy) is 2. The van der Waals surface area contributed by atoms with Crippen LogP contribution in [0.3, 0.4) is 0 Å². The van der Waals surface area contributed by atoms with Gasteiger partial charge in [-0.2, -0.15) is 0 Å². The van der Waals surface area contributed by atoms with E-state index in [0.717, 1.165) is 31.8 Å². The Morgan fingerprint density at radius 2 is 2.16 bits per heavy atom. The van der Waals surface area contributed by atoms with E-state index in [-0.39, 0.29) is 0 Å². The Morgan fingerprint density at radius 3 is 2.74 bits per heavy atom. The molecule has 3 nitrogen and oxygen atoms in total. The summed E-state index contributed by atoms with van der Waals surface area (Å²) in [5.74, 6) is 0.952. The summed E-state index contributed by atoms with van der Waals surface area (Å²) < 4.78 is 11.4. The van der Waals surface area contributed by atoms with Crippen molar-refractivity contribution < 1.29 is 9.47 Å². The first-order chi connectivity index (χ1) is 9.33. The average molecular weight is 263 g/mol. The van der Waals surface area contributed by atoms with Gasteiger partial charge in [-0.1, -0.05) is 19.1 Å². The van der Waals surface area contributed by atoms with Crippen LogP contribution in [0, 0.1) is 0 Å². The van der Waals surface area contributed by atoms with Crippen molar-refractivity contribution in [2.24, 2.45) is 0 Å². The van der Waals surface area contributed by atoms with E-state index < -0.39 is 0 Å². The van der Waals surface area contributed by atoms with Gasteiger partial charge in [0.15, 0.2) is 0 Å². The van der Waals surface area contributed by atoms with E-state index in [0.29, 0.717) is 12.1 Å². The third-order valence-corrected chi connectivity index (χ3v) is 3.77. The minimum atomic E-state index is 0.410. The fourth-order valence-corrected chi connectivity index (χ4v) is 2.58. The van der Waals surface area contributed by atoms with Gasteiger partial charge in [0.05, 0.1) is 12.7 Å². The molecule has 0 bridgehead atoms. The molecule has 106 valence electrons. The Morgan fingerprint density at radius 1 is 1.37 bits per heavy atom. The molecule has 0 amide bonds. The molecule has 19 heavy (non-hydrogen) atoms. The molecule has 1 saturated heterocycles. The van der Waals surface area contributed by atoms with E-state index in [2.05, 4.69) is 36.5 Å². The summed E-state index contributed by atoms with van der Waals surface area (Å²) in [6.07, 6.45) is 4.88. The summed E-state index contributed by atoms with van der Waals surface area (Å²) in [6.45, 7) is 3.85. The maximum atomic E-state index is 5.77. The van der Waals surface area contributed by atoms with Crippen molar-refractivity contribution in [3.8, 4) is 5.75 Å². The van der Waals surface area contributed by atoms with Crippen molar-refractivity contribution in [2.75, 3.05) is 20.3 Å². The summed E-state index contributed by atoms with van der Waals surface area (Å²) >= 11 is 0. The van der Waals surface area contributed by atoms with Crippen molar-refractivity contribution in [1.29, 1.82) is 0 Å². The summed E-state index contributed by atoms with van der Waals surface area (Å²) in [7, 11) is 2.00. The molecule has 2 rings (SSSR count). The van der Waals surface area contributed by atoms with Gasteiger partial charge in [-0.05, 0) is 44.0 Å². The summed E-state index contributed by atoms with van der Waals surface area (Å²) in [5.41, 5.74) is 1.32. The summed E-state index contributed by atoms with van der Waals surface area (Å²) in [5, 5.41) is 3.31. The zero-order chi connectivity index (χ0) is 13.5. The van der Waals surface area contributed by atoms with Gasteiger partial charge in [0, 0.05) is 19.1 Å². The third-order valence-electron chi connectivity index (χ3n) is 3.77. The Bertz CT molecular complexity index is 354. The first-order valence-electron chi connectivity index (χ1n) is 7.35. The minimum Gasteiger partial charge on any atom is -0.493 e. The molecule has 1 fully saturated rings. The van der Waals surface area contributed by atoms with Crippen molar-refractivity contribution >= 4 is 0 Å². The van der Waals surface area contributed by atoms with Crippen LogP contribution in [0.5, 0.6) is 5.75 Å². The van der Waals surface area contributed by atoms with Gasteiger partial charge in [0.2, 0.25) is 0 Å². The molecule has 2 unspecified atom stereocenters. The van der Waals surface area contributed by atoms with Crippen LogP contribution in [0.25, 0.3) is 0 Å². The number of hydrogen-bond donors (Lipinski definition) is 1. The first-order valence-corrected chi connectivity index (χ1v) is 7.35. The van der Waals surface area contributed by atoms with Crippen LogP contribution in [-0.4, -0.2) is 26.4 Å². The normalized spacial score (nSPS) is 20.4. The van der Waals surface area contributed by atoms with Gasteiger partial charge in [0.25, 0.3) is 0 Å². The Kier molecular flexibility index (Phi) is 5.67. The van der Waals surface area contributed by atoms with Crippen molar-refractivity contribution in [3.63, 3.8) is 0 Å². The molecule has 1 N–H and O–H groups in total. The lowest BCUT2D eigenvalue weighted by Gasteiger charge is -2.15. The predicted octanol–water partition coefficient (Wildman–Crippen LogP) is 3.31. The second kappa shape index (κ2) is 7.51. The van der Waals surface area contributed by atoms with Crippen LogP contribution in [0.2, 0.25) is 0 Å². The van der Waals surface area contributed by atoms with Crippen LogP contribution in [0.1, 0.15) is 44.2 Å². The molecule has 1 aromatic rings. The molecule has 0 saturated carbocycles. The van der Waals surface area contributed by atoms with Gasteiger partial charge >= 0.3 is 0 Å². The first kappa shape index (κ1) is 14.4. The molecule has 0 spiro atoms. The van der Waals surface area contributed by atoms with Gasteiger partial charge in [-0.25, -0.2) is 0 Å². The molecule has 1 aromatic carbocycles. The molecule has 1 aliphatic rings. The average Bonchev–Trinajstić information content (AvgIpc) is 2.95. The number of rotatable bonds is 7. The van der Waals surface area contributed by atoms with E-state index in [4.69, 9.17) is 9.47 Å². The van der Waals surface area contributed by atoms with Crippen molar-refractivity contribution in [3.05, 3.63) is 29.8 Å². The van der Waals surface area contributed by atoms with Gasteiger partial charge in [-0.15, -0.1) is 0 Å². The quantitative estimate of drug-likeness (QED) is 0.818. The van der Waals surface area contributed by atoms with E-state index in [1.165, 1.54) is 18.4 Å². The largest absolute Gasteiger partial charge is 0.493 e. The number of benzene rings is 1. The summed E-state index contributed by atoms with van der Waals surface area (Å²) in [6, 6.07) is 8.84. The van der Waals surface area contributed by atoms with Crippen LogP contribution in [-0.2, 0) is 4.74 Å². The van der Waals surface area contributed by atoms with Crippen LogP contribution < -0.4 is 10.1 Å². The number of nitrogens with one attached hydrogen (secondary N) is 1. The van der Waals surface area contributed by atoms with E-state index in [9.17, 15) is 0 Å². The van der Waals surface area contributed by atoms with Gasteiger partial charge in [0.1, 0.15) is 5.75 Å². The van der Waals surface area contributed by atoms with Crippen LogP contribution in [0.15, 0.2) is 24.3 Å². The lowest BCUT2D eigenvalue weighted by molar-refractivity contribution is 0.0903. The topological polar surface area (TPSA) is 30.5 Å². The second-order valence-electron chi connectivity index (χ2n) is 5.09. The van der Waals surface area contributed by atoms with Crippen molar-refractivity contribution in [1.82, 2.24) is 5.32 Å². The Hall–Kier alpha value is -1.06. The van der Waals surface area contributed by atoms with E-state index in [1.807, 2.05) is 7.05 Å². The lowest BCUT2D eigenvalue weighted by Crippen LogP contribution is -2.15. The fraction of sp³-hybridized carbons (Fsp3) is 0.625. The molecular weight excluding hydrogens is 238 g/mol. The molecule has 0 aliphatic carbocycles. The fourth-order valence-electron chi connectivity index (χ4n) is 2.58. The molecule has 1 heterocycles. The molecule has 1 aliphatic heterocycles. The van der Waals surface area contributed by atoms with Crippen LogP contribution in [0.4, 0.5) is 0 Å². The zero-order valence-electron chi connectivity index (χ0n) is 12.0. The predicted molar refractivity (Wildman–Crippen MR) is 77.6 cm³/mol. The third kappa shape index (κ3) is 4.22. The highest BCUT2D eigenvalue weighted by molar-refractivity contribution is 5.29. The highest BCUT2D eigenvalue weighted by atomic mass is 16.5. The number of hydrogen-bond acceptors (Lipinski definition) is 3. The molecular formula is C16H25NO2. The highest BCUT2D eigenvalue weighted by Gasteiger charge is 2.15. The Labute approximate surface area is 116 Å².